The van der Waals surface area contributed by atoms with Gasteiger partial charge in [0.05, 0.1) is 13.2 Å². The number of carbonyl (C=O) groups is 1. The van der Waals surface area contributed by atoms with Crippen LogP contribution in [-0.2, 0) is 11.2 Å². The minimum atomic E-state index is -0.341. The molecule has 1 fully saturated rings. The zero-order chi connectivity index (χ0) is 13.9. The van der Waals surface area contributed by atoms with Crippen LogP contribution in [0.4, 0.5) is 16.2 Å². The quantitative estimate of drug-likeness (QED) is 0.866. The standard InChI is InChI=1S/C15H21N3O2/c1-20-15(19)17-12-6-8-18(10-12)13-4-5-14-11(9-13)3-2-7-16-14/h4-5,9,12,16H,2-3,6-8,10H2,1H3,(H,17,19). The summed E-state index contributed by atoms with van der Waals surface area (Å²) in [5.41, 5.74) is 3.92. The highest BCUT2D eigenvalue weighted by Gasteiger charge is 2.24. The Kier molecular flexibility index (Phi) is 3.67. The molecule has 0 spiro atoms. The van der Waals surface area contributed by atoms with Crippen LogP contribution in [0.3, 0.4) is 0 Å². The number of nitrogens with zero attached hydrogens (tertiary/aromatic N) is 1. The Balaban J connectivity index is 1.67. The van der Waals surface area contributed by atoms with E-state index >= 15 is 0 Å². The lowest BCUT2D eigenvalue weighted by Crippen LogP contribution is -2.36. The second kappa shape index (κ2) is 5.61. The number of benzene rings is 1. The molecular weight excluding hydrogens is 254 g/mol. The van der Waals surface area contributed by atoms with Crippen LogP contribution in [0.1, 0.15) is 18.4 Å². The van der Waals surface area contributed by atoms with E-state index in [1.165, 1.54) is 30.5 Å². The van der Waals surface area contributed by atoms with Crippen LogP contribution in [0.2, 0.25) is 0 Å². The fraction of sp³-hybridized carbons (Fsp3) is 0.533. The summed E-state index contributed by atoms with van der Waals surface area (Å²) in [7, 11) is 1.40. The molecule has 1 aromatic carbocycles. The summed E-state index contributed by atoms with van der Waals surface area (Å²) in [6.07, 6.45) is 2.97. The lowest BCUT2D eigenvalue weighted by Gasteiger charge is -2.23. The third-order valence-corrected chi connectivity index (χ3v) is 4.09. The molecule has 0 saturated carbocycles. The number of fused-ring (bicyclic) bond motifs is 1. The zero-order valence-electron chi connectivity index (χ0n) is 11.8. The van der Waals surface area contributed by atoms with Crippen LogP contribution < -0.4 is 15.5 Å². The first-order valence-electron chi connectivity index (χ1n) is 7.22. The summed E-state index contributed by atoms with van der Waals surface area (Å²) in [5.74, 6) is 0. The third-order valence-electron chi connectivity index (χ3n) is 4.09. The average molecular weight is 275 g/mol. The maximum Gasteiger partial charge on any atom is 0.407 e. The summed E-state index contributed by atoms with van der Waals surface area (Å²) in [4.78, 5) is 13.6. The van der Waals surface area contributed by atoms with Gasteiger partial charge in [-0.3, -0.25) is 0 Å². The predicted octanol–water partition coefficient (Wildman–Crippen LogP) is 1.98. The lowest BCUT2D eigenvalue weighted by molar-refractivity contribution is 0.167. The van der Waals surface area contributed by atoms with E-state index in [1.54, 1.807) is 0 Å². The first-order chi connectivity index (χ1) is 9.76. The highest BCUT2D eigenvalue weighted by Crippen LogP contribution is 2.28. The number of rotatable bonds is 2. The van der Waals surface area contributed by atoms with Gasteiger partial charge in [0.1, 0.15) is 0 Å². The molecule has 1 aromatic rings. The minimum Gasteiger partial charge on any atom is -0.453 e. The highest BCUT2D eigenvalue weighted by atomic mass is 16.5. The largest absolute Gasteiger partial charge is 0.453 e. The van der Waals surface area contributed by atoms with E-state index in [4.69, 9.17) is 0 Å². The number of hydrogen-bond donors (Lipinski definition) is 2. The molecule has 2 aliphatic heterocycles. The van der Waals surface area contributed by atoms with Crippen LogP contribution in [0, 0.1) is 0 Å². The van der Waals surface area contributed by atoms with Crippen LogP contribution in [0.25, 0.3) is 0 Å². The topological polar surface area (TPSA) is 53.6 Å². The van der Waals surface area contributed by atoms with E-state index in [0.29, 0.717) is 0 Å². The van der Waals surface area contributed by atoms with Gasteiger partial charge in [0.15, 0.2) is 0 Å². The Morgan fingerprint density at radius 2 is 2.40 bits per heavy atom. The van der Waals surface area contributed by atoms with Crippen molar-refractivity contribution in [2.24, 2.45) is 0 Å². The van der Waals surface area contributed by atoms with Gasteiger partial charge in [-0.1, -0.05) is 0 Å². The van der Waals surface area contributed by atoms with E-state index < -0.39 is 0 Å². The Labute approximate surface area is 119 Å². The van der Waals surface area contributed by atoms with Crippen molar-refractivity contribution in [3.8, 4) is 0 Å². The van der Waals surface area contributed by atoms with Crippen molar-refractivity contribution in [2.75, 3.05) is 37.0 Å². The second-order valence-electron chi connectivity index (χ2n) is 5.44. The van der Waals surface area contributed by atoms with E-state index in [0.717, 1.165) is 32.5 Å². The van der Waals surface area contributed by atoms with Crippen molar-refractivity contribution in [1.82, 2.24) is 5.32 Å². The van der Waals surface area contributed by atoms with Gasteiger partial charge in [-0.25, -0.2) is 4.79 Å². The van der Waals surface area contributed by atoms with E-state index in [-0.39, 0.29) is 12.1 Å². The van der Waals surface area contributed by atoms with Crippen molar-refractivity contribution in [1.29, 1.82) is 0 Å². The average Bonchev–Trinajstić information content (AvgIpc) is 2.95. The molecule has 5 heteroatoms. The summed E-state index contributed by atoms with van der Waals surface area (Å²) >= 11 is 0. The molecule has 5 nitrogen and oxygen atoms in total. The number of nitrogens with one attached hydrogen (secondary N) is 2. The van der Waals surface area contributed by atoms with Gasteiger partial charge in [0, 0.05) is 31.0 Å². The summed E-state index contributed by atoms with van der Waals surface area (Å²) < 4.78 is 4.65. The third kappa shape index (κ3) is 2.66. The van der Waals surface area contributed by atoms with Crippen molar-refractivity contribution < 1.29 is 9.53 Å². The Morgan fingerprint density at radius 1 is 1.50 bits per heavy atom. The van der Waals surface area contributed by atoms with Crippen molar-refractivity contribution in [3.05, 3.63) is 23.8 Å². The molecule has 1 amide bonds. The molecule has 0 aromatic heterocycles. The van der Waals surface area contributed by atoms with Gasteiger partial charge in [0.2, 0.25) is 0 Å². The van der Waals surface area contributed by atoms with Gasteiger partial charge < -0.3 is 20.3 Å². The molecule has 20 heavy (non-hydrogen) atoms. The normalized spacial score (nSPS) is 21.1. The Bertz CT molecular complexity index is 504. The molecule has 108 valence electrons. The molecule has 1 saturated heterocycles. The highest BCUT2D eigenvalue weighted by molar-refractivity contribution is 5.68. The molecule has 2 aliphatic rings. The van der Waals surface area contributed by atoms with Gasteiger partial charge in [-0.2, -0.15) is 0 Å². The fourth-order valence-corrected chi connectivity index (χ4v) is 3.00. The predicted molar refractivity (Wildman–Crippen MR) is 79.4 cm³/mol. The minimum absolute atomic E-state index is 0.177. The molecule has 1 unspecified atom stereocenters. The molecule has 3 rings (SSSR count). The Hall–Kier alpha value is -1.91. The van der Waals surface area contributed by atoms with Gasteiger partial charge in [-0.15, -0.1) is 0 Å². The first kappa shape index (κ1) is 13.1. The van der Waals surface area contributed by atoms with Crippen LogP contribution >= 0.6 is 0 Å². The van der Waals surface area contributed by atoms with Crippen LogP contribution in [-0.4, -0.2) is 38.9 Å². The second-order valence-corrected chi connectivity index (χ2v) is 5.44. The van der Waals surface area contributed by atoms with E-state index in [2.05, 4.69) is 38.5 Å². The lowest BCUT2D eigenvalue weighted by atomic mass is 10.0. The molecular formula is C15H21N3O2. The Morgan fingerprint density at radius 3 is 3.25 bits per heavy atom. The molecule has 0 aliphatic carbocycles. The van der Waals surface area contributed by atoms with Crippen molar-refractivity contribution >= 4 is 17.5 Å². The number of carbonyl (C=O) groups excluding carboxylic acids is 1. The zero-order valence-corrected chi connectivity index (χ0v) is 11.8. The van der Waals surface area contributed by atoms with Crippen molar-refractivity contribution in [3.63, 3.8) is 0 Å². The van der Waals surface area contributed by atoms with E-state index in [1.807, 2.05) is 0 Å². The van der Waals surface area contributed by atoms with E-state index in [9.17, 15) is 4.79 Å². The number of anilines is 2. The van der Waals surface area contributed by atoms with Gasteiger partial charge >= 0.3 is 6.09 Å². The maximum atomic E-state index is 11.2. The van der Waals surface area contributed by atoms with Crippen LogP contribution in [0.15, 0.2) is 18.2 Å². The number of ether oxygens (including phenoxy) is 1. The molecule has 0 bridgehead atoms. The number of alkyl carbamates (subject to hydrolysis) is 1. The van der Waals surface area contributed by atoms with Crippen LogP contribution in [0.5, 0.6) is 0 Å². The van der Waals surface area contributed by atoms with Crippen molar-refractivity contribution in [2.45, 2.75) is 25.3 Å². The summed E-state index contributed by atoms with van der Waals surface area (Å²) in [5, 5.41) is 6.31. The summed E-state index contributed by atoms with van der Waals surface area (Å²) in [6.45, 7) is 2.89. The number of hydrogen-bond acceptors (Lipinski definition) is 4. The fourth-order valence-electron chi connectivity index (χ4n) is 3.00. The molecule has 2 heterocycles. The monoisotopic (exact) mass is 275 g/mol. The smallest absolute Gasteiger partial charge is 0.407 e. The summed E-state index contributed by atoms with van der Waals surface area (Å²) in [6, 6.07) is 6.79. The number of methoxy groups -OCH3 is 1. The number of aryl methyl sites for hydroxylation is 1. The SMILES string of the molecule is COC(=O)NC1CCN(c2ccc3c(c2)CCCN3)C1. The molecule has 2 N–H and O–H groups in total. The number of amides is 1. The molecule has 1 atom stereocenters. The first-order valence-corrected chi connectivity index (χ1v) is 7.22. The van der Waals surface area contributed by atoms with Gasteiger partial charge in [-0.05, 0) is 43.0 Å². The maximum absolute atomic E-state index is 11.2. The molecule has 0 radical (unpaired) electrons. The van der Waals surface area contributed by atoms with Gasteiger partial charge in [0.25, 0.3) is 0 Å².